The number of carbonyl (C=O) groups is 1. The monoisotopic (exact) mass is 303 g/mol. The summed E-state index contributed by atoms with van der Waals surface area (Å²) in [7, 11) is 0. The van der Waals surface area contributed by atoms with Gasteiger partial charge in [0, 0.05) is 23.5 Å². The average molecular weight is 304 g/mol. The van der Waals surface area contributed by atoms with Gasteiger partial charge in [-0.1, -0.05) is 6.07 Å². The second-order valence-corrected chi connectivity index (χ2v) is 5.00. The first-order valence-corrected chi connectivity index (χ1v) is 6.84. The molecule has 1 aromatic heterocycles. The molecular formula is C16H18ClN3O. The molecule has 21 heavy (non-hydrogen) atoms. The standard InChI is InChI=1S/C16H17N3O.ClH/c1-11-7-8-12(10-18-11)19-16(20)14-4-2-6-15-13(14)5-3-9-17-15;/h2,4,6-8,10,17H,3,5,9H2,1H3,(H,19,20);1H. The number of rotatable bonds is 2. The zero-order chi connectivity index (χ0) is 13.9. The van der Waals surface area contributed by atoms with Crippen molar-refractivity contribution in [1.82, 2.24) is 4.98 Å². The Bertz CT molecular complexity index is 640. The fourth-order valence-corrected chi connectivity index (χ4v) is 2.46. The van der Waals surface area contributed by atoms with Gasteiger partial charge in [0.2, 0.25) is 0 Å². The SMILES string of the molecule is Cc1ccc(NC(=O)c2cccc3c2CCCN3)cn1.Cl. The van der Waals surface area contributed by atoms with Gasteiger partial charge < -0.3 is 10.6 Å². The van der Waals surface area contributed by atoms with Crippen LogP contribution in [0.3, 0.4) is 0 Å². The molecular weight excluding hydrogens is 286 g/mol. The fraction of sp³-hybridized carbons (Fsp3) is 0.250. The smallest absolute Gasteiger partial charge is 0.256 e. The molecule has 0 fully saturated rings. The van der Waals surface area contributed by atoms with Gasteiger partial charge >= 0.3 is 0 Å². The second-order valence-electron chi connectivity index (χ2n) is 5.00. The Morgan fingerprint density at radius 3 is 2.90 bits per heavy atom. The van der Waals surface area contributed by atoms with Crippen LogP contribution in [-0.4, -0.2) is 17.4 Å². The number of aromatic nitrogens is 1. The number of nitrogens with zero attached hydrogens (tertiary/aromatic N) is 1. The largest absolute Gasteiger partial charge is 0.385 e. The molecule has 3 rings (SSSR count). The van der Waals surface area contributed by atoms with Gasteiger partial charge in [-0.25, -0.2) is 0 Å². The van der Waals surface area contributed by atoms with Gasteiger partial charge in [-0.05, 0) is 49.6 Å². The van der Waals surface area contributed by atoms with Crippen molar-refractivity contribution < 1.29 is 4.79 Å². The van der Waals surface area contributed by atoms with Crippen molar-refractivity contribution in [3.8, 4) is 0 Å². The normalized spacial score (nSPS) is 12.6. The maximum Gasteiger partial charge on any atom is 0.256 e. The van der Waals surface area contributed by atoms with Crippen LogP contribution < -0.4 is 10.6 Å². The summed E-state index contributed by atoms with van der Waals surface area (Å²) in [6.45, 7) is 2.89. The van der Waals surface area contributed by atoms with Crippen molar-refractivity contribution in [3.63, 3.8) is 0 Å². The van der Waals surface area contributed by atoms with Gasteiger partial charge in [-0.3, -0.25) is 9.78 Å². The minimum atomic E-state index is -0.0730. The zero-order valence-corrected chi connectivity index (χ0v) is 12.7. The van der Waals surface area contributed by atoms with Crippen LogP contribution in [0.25, 0.3) is 0 Å². The number of benzene rings is 1. The number of fused-ring (bicyclic) bond motifs is 1. The van der Waals surface area contributed by atoms with E-state index in [-0.39, 0.29) is 18.3 Å². The molecule has 0 bridgehead atoms. The Kier molecular flexibility index (Phi) is 4.81. The molecule has 0 aliphatic carbocycles. The third-order valence-corrected chi connectivity index (χ3v) is 3.51. The maximum atomic E-state index is 12.4. The molecule has 0 atom stereocenters. The van der Waals surface area contributed by atoms with E-state index in [4.69, 9.17) is 0 Å². The van der Waals surface area contributed by atoms with Crippen LogP contribution in [0.15, 0.2) is 36.5 Å². The summed E-state index contributed by atoms with van der Waals surface area (Å²) in [6.07, 6.45) is 3.68. The Balaban J connectivity index is 0.00000161. The third-order valence-electron chi connectivity index (χ3n) is 3.51. The van der Waals surface area contributed by atoms with Crippen LogP contribution in [0, 0.1) is 6.92 Å². The summed E-state index contributed by atoms with van der Waals surface area (Å²) in [6, 6.07) is 9.58. The highest BCUT2D eigenvalue weighted by atomic mass is 35.5. The lowest BCUT2D eigenvalue weighted by atomic mass is 9.97. The molecule has 0 saturated heterocycles. The Morgan fingerprint density at radius 2 is 2.14 bits per heavy atom. The molecule has 0 spiro atoms. The summed E-state index contributed by atoms with van der Waals surface area (Å²) < 4.78 is 0. The van der Waals surface area contributed by atoms with Crippen molar-refractivity contribution in [2.45, 2.75) is 19.8 Å². The van der Waals surface area contributed by atoms with Crippen molar-refractivity contribution >= 4 is 29.7 Å². The number of halogens is 1. The molecule has 0 unspecified atom stereocenters. The van der Waals surface area contributed by atoms with E-state index in [2.05, 4.69) is 15.6 Å². The molecule has 0 saturated carbocycles. The molecule has 2 aromatic rings. The molecule has 0 radical (unpaired) electrons. The van der Waals surface area contributed by atoms with Crippen molar-refractivity contribution in [3.05, 3.63) is 53.3 Å². The Morgan fingerprint density at radius 1 is 1.29 bits per heavy atom. The first kappa shape index (κ1) is 15.3. The number of anilines is 2. The van der Waals surface area contributed by atoms with Crippen LogP contribution in [0.1, 0.15) is 28.0 Å². The van der Waals surface area contributed by atoms with E-state index >= 15 is 0 Å². The quantitative estimate of drug-likeness (QED) is 0.894. The molecule has 1 aromatic carbocycles. The van der Waals surface area contributed by atoms with Crippen LogP contribution in [0.2, 0.25) is 0 Å². The van der Waals surface area contributed by atoms with Gasteiger partial charge in [-0.15, -0.1) is 12.4 Å². The summed E-state index contributed by atoms with van der Waals surface area (Å²) in [5.74, 6) is -0.0730. The maximum absolute atomic E-state index is 12.4. The number of nitrogens with one attached hydrogen (secondary N) is 2. The van der Waals surface area contributed by atoms with E-state index in [1.54, 1.807) is 6.20 Å². The first-order chi connectivity index (χ1) is 9.74. The second kappa shape index (κ2) is 6.59. The molecule has 2 N–H and O–H groups in total. The van der Waals surface area contributed by atoms with E-state index in [9.17, 15) is 4.79 Å². The summed E-state index contributed by atoms with van der Waals surface area (Å²) in [5, 5.41) is 6.24. The molecule has 110 valence electrons. The first-order valence-electron chi connectivity index (χ1n) is 6.84. The molecule has 1 amide bonds. The lowest BCUT2D eigenvalue weighted by Gasteiger charge is -2.20. The highest BCUT2D eigenvalue weighted by Crippen LogP contribution is 2.25. The Hall–Kier alpha value is -2.07. The minimum Gasteiger partial charge on any atom is -0.385 e. The number of amides is 1. The predicted molar refractivity (Wildman–Crippen MR) is 87.4 cm³/mol. The van der Waals surface area contributed by atoms with Gasteiger partial charge in [0.1, 0.15) is 0 Å². The predicted octanol–water partition coefficient (Wildman–Crippen LogP) is 3.42. The number of hydrogen-bond acceptors (Lipinski definition) is 3. The molecule has 1 aliphatic rings. The fourth-order valence-electron chi connectivity index (χ4n) is 2.46. The highest BCUT2D eigenvalue weighted by Gasteiger charge is 2.17. The molecule has 2 heterocycles. The minimum absolute atomic E-state index is 0. The number of pyridine rings is 1. The number of aryl methyl sites for hydroxylation is 1. The molecule has 1 aliphatic heterocycles. The van der Waals surface area contributed by atoms with Crippen molar-refractivity contribution in [2.24, 2.45) is 0 Å². The van der Waals surface area contributed by atoms with Crippen LogP contribution in [-0.2, 0) is 6.42 Å². The number of hydrogen-bond donors (Lipinski definition) is 2. The zero-order valence-electron chi connectivity index (χ0n) is 11.8. The lowest BCUT2D eigenvalue weighted by molar-refractivity contribution is 0.102. The van der Waals surface area contributed by atoms with E-state index < -0.39 is 0 Å². The van der Waals surface area contributed by atoms with E-state index in [0.717, 1.165) is 47.6 Å². The molecule has 5 heteroatoms. The van der Waals surface area contributed by atoms with E-state index in [1.165, 1.54) is 0 Å². The van der Waals surface area contributed by atoms with Gasteiger partial charge in [0.05, 0.1) is 11.9 Å². The third kappa shape index (κ3) is 3.34. The Labute approximate surface area is 130 Å². The van der Waals surface area contributed by atoms with E-state index in [1.807, 2.05) is 37.3 Å². The summed E-state index contributed by atoms with van der Waals surface area (Å²) in [4.78, 5) is 16.6. The lowest BCUT2D eigenvalue weighted by Crippen LogP contribution is -2.19. The van der Waals surface area contributed by atoms with Crippen LogP contribution in [0.5, 0.6) is 0 Å². The van der Waals surface area contributed by atoms with Crippen molar-refractivity contribution in [1.29, 1.82) is 0 Å². The highest BCUT2D eigenvalue weighted by molar-refractivity contribution is 6.06. The van der Waals surface area contributed by atoms with Crippen molar-refractivity contribution in [2.75, 3.05) is 17.2 Å². The summed E-state index contributed by atoms with van der Waals surface area (Å²) >= 11 is 0. The molecule has 4 nitrogen and oxygen atoms in total. The van der Waals surface area contributed by atoms with Crippen LogP contribution in [0.4, 0.5) is 11.4 Å². The van der Waals surface area contributed by atoms with E-state index in [0.29, 0.717) is 0 Å². The van der Waals surface area contributed by atoms with Gasteiger partial charge in [0.25, 0.3) is 5.91 Å². The van der Waals surface area contributed by atoms with Crippen LogP contribution >= 0.6 is 12.4 Å². The number of carbonyl (C=O) groups excluding carboxylic acids is 1. The topological polar surface area (TPSA) is 54.0 Å². The van der Waals surface area contributed by atoms with Gasteiger partial charge in [0.15, 0.2) is 0 Å². The summed E-state index contributed by atoms with van der Waals surface area (Å²) in [5.41, 5.74) is 4.59. The average Bonchev–Trinajstić information content (AvgIpc) is 2.49. The van der Waals surface area contributed by atoms with Gasteiger partial charge in [-0.2, -0.15) is 0 Å².